The molecule has 0 amide bonds. The van der Waals surface area contributed by atoms with Gasteiger partial charge in [0.2, 0.25) is 0 Å². The minimum atomic E-state index is -0.161. The van der Waals surface area contributed by atoms with Crippen LogP contribution in [0, 0.1) is 5.82 Å². The monoisotopic (exact) mass is 237 g/mol. The highest BCUT2D eigenvalue weighted by molar-refractivity contribution is 5.47. The van der Waals surface area contributed by atoms with Crippen LogP contribution in [0.2, 0.25) is 0 Å². The zero-order chi connectivity index (χ0) is 12.3. The third kappa shape index (κ3) is 2.96. The summed E-state index contributed by atoms with van der Waals surface area (Å²) in [5.74, 6) is -0.161. The van der Waals surface area contributed by atoms with Crippen LogP contribution in [0.3, 0.4) is 0 Å². The van der Waals surface area contributed by atoms with E-state index in [4.69, 9.17) is 0 Å². The van der Waals surface area contributed by atoms with Gasteiger partial charge in [-0.3, -0.25) is 4.90 Å². The van der Waals surface area contributed by atoms with Crippen LogP contribution in [0.15, 0.2) is 24.3 Å². The maximum atomic E-state index is 13.2. The molecule has 1 heterocycles. The molecule has 1 aromatic rings. The maximum Gasteiger partial charge on any atom is 0.125 e. The highest BCUT2D eigenvalue weighted by Gasteiger charge is 2.23. The summed E-state index contributed by atoms with van der Waals surface area (Å²) >= 11 is 0. The van der Waals surface area contributed by atoms with E-state index in [2.05, 4.69) is 22.2 Å². The first-order valence-electron chi connectivity index (χ1n) is 6.06. The smallest absolute Gasteiger partial charge is 0.125 e. The zero-order valence-electron chi connectivity index (χ0n) is 10.5. The molecule has 2 rings (SSSR count). The molecule has 0 saturated carbocycles. The van der Waals surface area contributed by atoms with Gasteiger partial charge in [0.05, 0.1) is 0 Å². The van der Waals surface area contributed by atoms with Crippen LogP contribution in [0.25, 0.3) is 0 Å². The van der Waals surface area contributed by atoms with E-state index in [0.29, 0.717) is 6.04 Å². The molecule has 1 unspecified atom stereocenters. The normalized spacial score (nSPS) is 21.8. The predicted octanol–water partition coefficient (Wildman–Crippen LogP) is 1.17. The Bertz CT molecular complexity index is 369. The van der Waals surface area contributed by atoms with Gasteiger partial charge in [-0.05, 0) is 32.3 Å². The molecule has 3 nitrogen and oxygen atoms in total. The Kier molecular flexibility index (Phi) is 3.97. The highest BCUT2D eigenvalue weighted by Crippen LogP contribution is 2.19. The Labute approximate surface area is 102 Å². The quantitative estimate of drug-likeness (QED) is 0.851. The summed E-state index contributed by atoms with van der Waals surface area (Å²) in [5, 5.41) is 3.21. The minimum absolute atomic E-state index is 0.161. The third-order valence-electron chi connectivity index (χ3n) is 3.39. The molecule has 0 aromatic heterocycles. The summed E-state index contributed by atoms with van der Waals surface area (Å²) in [6.45, 7) is 3.88. The van der Waals surface area contributed by atoms with Crippen molar-refractivity contribution in [3.63, 3.8) is 0 Å². The fourth-order valence-electron chi connectivity index (χ4n) is 2.31. The van der Waals surface area contributed by atoms with Gasteiger partial charge in [-0.1, -0.05) is 6.07 Å². The molecule has 1 aliphatic heterocycles. The lowest BCUT2D eigenvalue weighted by atomic mass is 10.1. The largest absolute Gasteiger partial charge is 0.369 e. The summed E-state index contributed by atoms with van der Waals surface area (Å²) in [6, 6.07) is 7.34. The molecule has 1 aromatic carbocycles. The Hall–Kier alpha value is -1.13. The van der Waals surface area contributed by atoms with Crippen molar-refractivity contribution in [3.8, 4) is 0 Å². The number of nitrogens with one attached hydrogen (secondary N) is 1. The van der Waals surface area contributed by atoms with E-state index >= 15 is 0 Å². The van der Waals surface area contributed by atoms with Gasteiger partial charge in [0.15, 0.2) is 0 Å². The lowest BCUT2D eigenvalue weighted by Crippen LogP contribution is -2.54. The summed E-state index contributed by atoms with van der Waals surface area (Å²) < 4.78 is 13.2. The fourth-order valence-corrected chi connectivity index (χ4v) is 2.31. The Balaban J connectivity index is 2.07. The van der Waals surface area contributed by atoms with Gasteiger partial charge in [0.1, 0.15) is 5.82 Å². The second-order valence-corrected chi connectivity index (χ2v) is 4.62. The van der Waals surface area contributed by atoms with Gasteiger partial charge in [-0.25, -0.2) is 4.39 Å². The molecule has 0 radical (unpaired) electrons. The number of hydrogen-bond donors (Lipinski definition) is 1. The first-order chi connectivity index (χ1) is 8.20. The van der Waals surface area contributed by atoms with E-state index in [-0.39, 0.29) is 5.82 Å². The number of benzene rings is 1. The highest BCUT2D eigenvalue weighted by atomic mass is 19.1. The molecular weight excluding hydrogens is 217 g/mol. The van der Waals surface area contributed by atoms with E-state index in [1.165, 1.54) is 6.07 Å². The van der Waals surface area contributed by atoms with Crippen molar-refractivity contribution in [2.24, 2.45) is 0 Å². The van der Waals surface area contributed by atoms with Crippen molar-refractivity contribution in [1.29, 1.82) is 0 Å². The molecule has 1 aliphatic rings. The van der Waals surface area contributed by atoms with Crippen LogP contribution < -0.4 is 10.2 Å². The Morgan fingerprint density at radius 2 is 2.24 bits per heavy atom. The Morgan fingerprint density at radius 3 is 2.94 bits per heavy atom. The number of halogens is 1. The molecule has 0 bridgehead atoms. The first kappa shape index (κ1) is 12.3. The van der Waals surface area contributed by atoms with Crippen LogP contribution in [-0.4, -0.2) is 51.2 Å². The third-order valence-corrected chi connectivity index (χ3v) is 3.39. The minimum Gasteiger partial charge on any atom is -0.369 e. The lowest BCUT2D eigenvalue weighted by molar-refractivity contribution is 0.216. The van der Waals surface area contributed by atoms with Crippen LogP contribution in [0.1, 0.15) is 0 Å². The van der Waals surface area contributed by atoms with Gasteiger partial charge in [-0.2, -0.15) is 0 Å². The van der Waals surface area contributed by atoms with Crippen molar-refractivity contribution in [2.45, 2.75) is 6.04 Å². The van der Waals surface area contributed by atoms with Crippen molar-refractivity contribution in [3.05, 3.63) is 30.1 Å². The Morgan fingerprint density at radius 1 is 1.41 bits per heavy atom. The average molecular weight is 237 g/mol. The summed E-state index contributed by atoms with van der Waals surface area (Å²) in [6.07, 6.45) is 0. The van der Waals surface area contributed by atoms with E-state index in [9.17, 15) is 4.39 Å². The van der Waals surface area contributed by atoms with Crippen molar-refractivity contribution >= 4 is 5.69 Å². The summed E-state index contributed by atoms with van der Waals surface area (Å²) in [7, 11) is 4.11. The van der Waals surface area contributed by atoms with E-state index in [1.807, 2.05) is 13.1 Å². The molecule has 94 valence electrons. The zero-order valence-corrected chi connectivity index (χ0v) is 10.5. The van der Waals surface area contributed by atoms with Crippen LogP contribution in [0.4, 0.5) is 10.1 Å². The van der Waals surface area contributed by atoms with Gasteiger partial charge in [0.25, 0.3) is 0 Å². The number of anilines is 1. The topological polar surface area (TPSA) is 18.5 Å². The maximum absolute atomic E-state index is 13.2. The first-order valence-corrected chi connectivity index (χ1v) is 6.06. The fraction of sp³-hybridized carbons (Fsp3) is 0.538. The number of likely N-dealkylation sites (N-methyl/N-ethyl adjacent to an activating group) is 2. The van der Waals surface area contributed by atoms with E-state index in [1.54, 1.807) is 12.1 Å². The molecule has 0 aliphatic carbocycles. The molecule has 17 heavy (non-hydrogen) atoms. The van der Waals surface area contributed by atoms with Crippen LogP contribution in [-0.2, 0) is 0 Å². The average Bonchev–Trinajstić information content (AvgIpc) is 2.32. The van der Waals surface area contributed by atoms with Crippen molar-refractivity contribution in [1.82, 2.24) is 10.2 Å². The molecule has 1 fully saturated rings. The summed E-state index contributed by atoms with van der Waals surface area (Å²) in [4.78, 5) is 4.61. The molecule has 4 heteroatoms. The second kappa shape index (κ2) is 5.47. The van der Waals surface area contributed by atoms with Gasteiger partial charge in [-0.15, -0.1) is 0 Å². The second-order valence-electron chi connectivity index (χ2n) is 4.62. The summed E-state index contributed by atoms with van der Waals surface area (Å²) in [5.41, 5.74) is 0.985. The van der Waals surface area contributed by atoms with Crippen LogP contribution >= 0.6 is 0 Å². The van der Waals surface area contributed by atoms with E-state index < -0.39 is 0 Å². The number of piperazine rings is 1. The van der Waals surface area contributed by atoms with Crippen molar-refractivity contribution in [2.75, 3.05) is 45.2 Å². The lowest BCUT2D eigenvalue weighted by Gasteiger charge is -2.40. The standard InChI is InChI=1S/C13H20FN3/c1-15-9-13-10-17(7-6-16(13)2)12-5-3-4-11(14)8-12/h3-5,8,13,15H,6-7,9-10H2,1-2H3. The van der Waals surface area contributed by atoms with E-state index in [0.717, 1.165) is 31.9 Å². The van der Waals surface area contributed by atoms with Gasteiger partial charge < -0.3 is 10.2 Å². The molecule has 1 atom stereocenters. The van der Waals surface area contributed by atoms with Crippen LogP contribution in [0.5, 0.6) is 0 Å². The van der Waals surface area contributed by atoms with Gasteiger partial charge in [0, 0.05) is 37.9 Å². The number of nitrogens with zero attached hydrogens (tertiary/aromatic N) is 2. The number of rotatable bonds is 3. The predicted molar refractivity (Wildman–Crippen MR) is 69.0 cm³/mol. The SMILES string of the molecule is CNCC1CN(c2cccc(F)c2)CCN1C. The molecule has 0 spiro atoms. The van der Waals surface area contributed by atoms with Crippen molar-refractivity contribution < 1.29 is 4.39 Å². The molecule has 1 saturated heterocycles. The van der Waals surface area contributed by atoms with Gasteiger partial charge >= 0.3 is 0 Å². The number of hydrogen-bond acceptors (Lipinski definition) is 3. The molecule has 1 N–H and O–H groups in total. The molecular formula is C13H20FN3.